The molecule has 95 heavy (non-hydrogen) atoms. The largest absolute Gasteiger partial charge is 0.422 e. The molecule has 24 nitrogen and oxygen atoms in total. The first-order chi connectivity index (χ1) is 44.4. The van der Waals surface area contributed by atoms with E-state index in [1.807, 2.05) is 27.7 Å². The fourth-order valence-electron chi connectivity index (χ4n) is 12.7. The first-order valence-electron chi connectivity index (χ1n) is 33.1. The molecule has 0 spiro atoms. The Morgan fingerprint density at radius 3 is 1.81 bits per heavy atom. The second kappa shape index (κ2) is 35.6. The summed E-state index contributed by atoms with van der Waals surface area (Å²) in [6.45, 7) is 12.1. The van der Waals surface area contributed by atoms with Gasteiger partial charge in [-0.3, -0.25) is 57.6 Å². The van der Waals surface area contributed by atoms with Crippen LogP contribution in [0.3, 0.4) is 0 Å². The van der Waals surface area contributed by atoms with Crippen molar-refractivity contribution < 1.29 is 79.5 Å². The molecule has 4 rings (SSSR count). The maximum atomic E-state index is 15.4. The molecule has 0 radical (unpaired) electrons. The highest BCUT2D eigenvalue weighted by molar-refractivity contribution is 6.00. The van der Waals surface area contributed by atoms with Gasteiger partial charge in [0.05, 0.1) is 32.1 Å². The number of halogens is 5. The SMILES string of the molecule is CC[C@H](C)[C@H](NC(=O)[C@H](CC(C)C)N(C)C(=O)C[C@@H](C(=O)N(C)C)N(C)C(=O)[C@H](C1CCCC1)N(C)C(=O)C1(NC(=O)[C@@H]2CCCN2C(=O)[C@H](CCc2cc(F)c(C(F)(F)F)c(F)c2)NC(=O)CN(C)C(=O)CN(CC)C(=O)CN(C)CC)CCCC1)C(=O)N(C)[C@@H](C)C=O. The molecule has 29 heteroatoms. The third-order valence-corrected chi connectivity index (χ3v) is 19.2. The lowest BCUT2D eigenvalue weighted by molar-refractivity contribution is -0.156. The number of hydrogen-bond donors (Lipinski definition) is 3. The molecular weight excluding hydrogens is 1250 g/mol. The van der Waals surface area contributed by atoms with Gasteiger partial charge >= 0.3 is 6.18 Å². The zero-order valence-corrected chi connectivity index (χ0v) is 58.2. The molecule has 1 aliphatic heterocycles. The second-order valence-electron chi connectivity index (χ2n) is 26.7. The number of rotatable bonds is 33. The normalized spacial score (nSPS) is 17.7. The van der Waals surface area contributed by atoms with E-state index in [-0.39, 0.29) is 81.6 Å². The van der Waals surface area contributed by atoms with Gasteiger partial charge in [0.2, 0.25) is 65.0 Å². The van der Waals surface area contributed by atoms with Crippen molar-refractivity contribution in [3.8, 4) is 0 Å². The van der Waals surface area contributed by atoms with E-state index in [1.54, 1.807) is 32.7 Å². The Bertz CT molecular complexity index is 2880. The molecule has 11 amide bonds. The smallest absolute Gasteiger partial charge is 0.347 e. The van der Waals surface area contributed by atoms with E-state index < -0.39 is 162 Å². The third-order valence-electron chi connectivity index (χ3n) is 19.2. The minimum Gasteiger partial charge on any atom is -0.347 e. The van der Waals surface area contributed by atoms with Gasteiger partial charge in [-0.2, -0.15) is 13.2 Å². The van der Waals surface area contributed by atoms with Crippen molar-refractivity contribution >= 4 is 71.3 Å². The van der Waals surface area contributed by atoms with Crippen LogP contribution in [0.4, 0.5) is 22.0 Å². The molecule has 0 aromatic heterocycles. The Hall–Kier alpha value is -7.33. The first-order valence-corrected chi connectivity index (χ1v) is 33.1. The molecule has 1 aromatic carbocycles. The average Bonchev–Trinajstić information content (AvgIpc) is 1.75. The number of amides is 11. The number of aldehydes is 1. The zero-order chi connectivity index (χ0) is 71.7. The van der Waals surface area contributed by atoms with Gasteiger partial charge in [0, 0.05) is 62.4 Å². The highest BCUT2D eigenvalue weighted by Gasteiger charge is 2.51. The van der Waals surface area contributed by atoms with Gasteiger partial charge in [0.15, 0.2) is 0 Å². The summed E-state index contributed by atoms with van der Waals surface area (Å²) in [4.78, 5) is 181. The zero-order valence-electron chi connectivity index (χ0n) is 58.2. The van der Waals surface area contributed by atoms with Crippen molar-refractivity contribution in [1.29, 1.82) is 0 Å². The summed E-state index contributed by atoms with van der Waals surface area (Å²) in [5.74, 6) is -12.0. The lowest BCUT2D eigenvalue weighted by atomic mass is 9.90. The van der Waals surface area contributed by atoms with Crippen LogP contribution < -0.4 is 16.0 Å². The molecule has 2 saturated carbocycles. The topological polar surface area (TPSA) is 270 Å². The van der Waals surface area contributed by atoms with Crippen LogP contribution in [0.25, 0.3) is 0 Å². The van der Waals surface area contributed by atoms with Gasteiger partial charge < -0.3 is 59.9 Å². The molecule has 8 atom stereocenters. The number of carbonyl (C=O) groups is 12. The van der Waals surface area contributed by atoms with Crippen LogP contribution in [-0.2, 0) is 70.1 Å². The van der Waals surface area contributed by atoms with Crippen LogP contribution in [0.1, 0.15) is 149 Å². The summed E-state index contributed by atoms with van der Waals surface area (Å²) in [6, 6.07) is -7.59. The van der Waals surface area contributed by atoms with Crippen molar-refractivity contribution in [1.82, 2.24) is 60.0 Å². The Balaban J connectivity index is 1.65. The number of likely N-dealkylation sites (N-methyl/N-ethyl adjacent to an activating group) is 8. The van der Waals surface area contributed by atoms with Crippen LogP contribution in [0.5, 0.6) is 0 Å². The Kier molecular flexibility index (Phi) is 30.0. The van der Waals surface area contributed by atoms with Crippen LogP contribution >= 0.6 is 0 Å². The average molecular weight is 1350 g/mol. The van der Waals surface area contributed by atoms with Crippen molar-refractivity contribution in [3.05, 3.63) is 34.9 Å². The van der Waals surface area contributed by atoms with Gasteiger partial charge in [-0.05, 0) is 121 Å². The molecule has 2 aliphatic carbocycles. The maximum Gasteiger partial charge on any atom is 0.422 e. The van der Waals surface area contributed by atoms with Crippen LogP contribution in [0, 0.1) is 29.4 Å². The summed E-state index contributed by atoms with van der Waals surface area (Å²) in [7, 11) is 11.6. The lowest BCUT2D eigenvalue weighted by Gasteiger charge is -2.42. The van der Waals surface area contributed by atoms with Crippen molar-refractivity contribution in [3.63, 3.8) is 0 Å². The number of benzene rings is 1. The van der Waals surface area contributed by atoms with E-state index in [1.165, 1.54) is 78.7 Å². The van der Waals surface area contributed by atoms with Gasteiger partial charge in [-0.15, -0.1) is 0 Å². The van der Waals surface area contributed by atoms with Crippen molar-refractivity contribution in [2.24, 2.45) is 17.8 Å². The van der Waals surface area contributed by atoms with Crippen molar-refractivity contribution in [2.45, 2.75) is 199 Å². The molecule has 1 saturated heterocycles. The number of carbonyl (C=O) groups excluding carboxylic acids is 12. The molecule has 1 aromatic rings. The summed E-state index contributed by atoms with van der Waals surface area (Å²) in [5.41, 5.74) is -4.04. The summed E-state index contributed by atoms with van der Waals surface area (Å²) in [5, 5.41) is 8.36. The second-order valence-corrected chi connectivity index (χ2v) is 26.7. The number of aryl methyl sites for hydroxylation is 1. The predicted molar refractivity (Wildman–Crippen MR) is 343 cm³/mol. The fourth-order valence-corrected chi connectivity index (χ4v) is 12.7. The van der Waals surface area contributed by atoms with E-state index in [9.17, 15) is 69.9 Å². The van der Waals surface area contributed by atoms with E-state index in [2.05, 4.69) is 16.0 Å². The minimum absolute atomic E-state index is 0.0264. The lowest BCUT2D eigenvalue weighted by Crippen LogP contribution is -2.65. The van der Waals surface area contributed by atoms with Gasteiger partial charge in [-0.25, -0.2) is 8.78 Å². The number of alkyl halides is 3. The van der Waals surface area contributed by atoms with E-state index >= 15 is 9.59 Å². The van der Waals surface area contributed by atoms with Crippen molar-refractivity contribution in [2.75, 3.05) is 95.6 Å². The van der Waals surface area contributed by atoms with Crippen LogP contribution in [0.15, 0.2) is 12.1 Å². The first kappa shape index (κ1) is 80.1. The molecule has 3 aliphatic rings. The monoisotopic (exact) mass is 1350 g/mol. The number of nitrogens with one attached hydrogen (secondary N) is 3. The predicted octanol–water partition coefficient (Wildman–Crippen LogP) is 3.85. The summed E-state index contributed by atoms with van der Waals surface area (Å²) < 4.78 is 70.5. The fraction of sp³-hybridized carbons (Fsp3) is 0.727. The number of hydrogen-bond acceptors (Lipinski definition) is 13. The Morgan fingerprint density at radius 2 is 1.28 bits per heavy atom. The Morgan fingerprint density at radius 1 is 0.684 bits per heavy atom. The summed E-state index contributed by atoms with van der Waals surface area (Å²) >= 11 is 0. The van der Waals surface area contributed by atoms with E-state index in [0.29, 0.717) is 69.9 Å². The maximum absolute atomic E-state index is 15.4. The van der Waals surface area contributed by atoms with E-state index in [0.717, 1.165) is 9.80 Å². The highest BCUT2D eigenvalue weighted by Crippen LogP contribution is 2.38. The van der Waals surface area contributed by atoms with Gasteiger partial charge in [0.25, 0.3) is 0 Å². The quantitative estimate of drug-likeness (QED) is 0.0668. The number of nitrogens with zero attached hydrogens (tertiary/aromatic N) is 9. The molecule has 0 unspecified atom stereocenters. The highest BCUT2D eigenvalue weighted by atomic mass is 19.4. The van der Waals surface area contributed by atoms with Crippen LogP contribution in [-0.4, -0.2) is 259 Å². The number of likely N-dealkylation sites (tertiary alicyclic amines) is 1. The van der Waals surface area contributed by atoms with Gasteiger partial charge in [-0.1, -0.05) is 66.7 Å². The third kappa shape index (κ3) is 20.8. The molecular formula is C66H103F5N12O12. The standard InChI is InChI=1S/C66H103F5N12O12/c1-16-41(6)56(62(93)78(12)42(7)39-84)73-58(89)49(32-40(4)5)79(13)52(86)35-50(61(92)75(8)9)80(14)63(94)57(44-24-19-20-25-44)81(15)64(95)65(29-21-22-30-65)74-59(90)48-26-23-31-83(48)60(91)47(28-27-43-33-45(67)55(46(68)34-43)66(69,70)71)72-51(85)36-77(11)53(87)38-82(18-3)54(88)37-76(10)17-2/h33-34,39-42,44,47-50,56-57H,16-32,35-38H2,1-15H3,(H,72,85)(H,73,89)(H,74,90)/t41-,42-,47-,48-,49-,50-,56-,57-/m0/s1. The molecule has 3 fully saturated rings. The Labute approximate surface area is 556 Å². The van der Waals surface area contributed by atoms with E-state index in [4.69, 9.17) is 0 Å². The molecule has 3 N–H and O–H groups in total. The molecule has 1 heterocycles. The van der Waals surface area contributed by atoms with Gasteiger partial charge in [0.1, 0.15) is 65.3 Å². The van der Waals surface area contributed by atoms with Crippen LogP contribution in [0.2, 0.25) is 0 Å². The molecule has 0 bridgehead atoms. The summed E-state index contributed by atoms with van der Waals surface area (Å²) in [6.07, 6.45) is -1.74. The minimum atomic E-state index is -5.37. The molecule has 534 valence electrons.